The monoisotopic (exact) mass is 386 g/mol. The fraction of sp³-hybridized carbons (Fsp3) is 0.500. The van der Waals surface area contributed by atoms with Gasteiger partial charge in [0.1, 0.15) is 5.69 Å². The zero-order chi connectivity index (χ0) is 18.7. The number of hydrogen-bond acceptors (Lipinski definition) is 6. The van der Waals surface area contributed by atoms with Crippen molar-refractivity contribution in [3.8, 4) is 5.88 Å². The summed E-state index contributed by atoms with van der Waals surface area (Å²) in [5, 5.41) is 1.43. The van der Waals surface area contributed by atoms with Crippen molar-refractivity contribution in [2.24, 2.45) is 0 Å². The number of aromatic nitrogens is 3. The van der Waals surface area contributed by atoms with Crippen molar-refractivity contribution in [1.82, 2.24) is 19.9 Å². The summed E-state index contributed by atoms with van der Waals surface area (Å²) in [6.07, 6.45) is -0.321. The van der Waals surface area contributed by atoms with Gasteiger partial charge in [-0.05, 0) is 19.8 Å². The van der Waals surface area contributed by atoms with E-state index in [1.807, 2.05) is 6.92 Å². The number of ether oxygens (including phenoxy) is 1. The Balaban J connectivity index is 1.69. The molecule has 0 N–H and O–H groups in total. The van der Waals surface area contributed by atoms with Crippen LogP contribution in [0.5, 0.6) is 5.88 Å². The van der Waals surface area contributed by atoms with Gasteiger partial charge in [-0.25, -0.2) is 15.0 Å². The number of carbonyl (C=O) groups excluding carboxylic acids is 1. The summed E-state index contributed by atoms with van der Waals surface area (Å²) >= 11 is 0.986. The van der Waals surface area contributed by atoms with Gasteiger partial charge in [0.05, 0.1) is 24.0 Å². The summed E-state index contributed by atoms with van der Waals surface area (Å²) in [7, 11) is 0. The van der Waals surface area contributed by atoms with E-state index in [2.05, 4.69) is 15.0 Å². The van der Waals surface area contributed by atoms with E-state index in [1.54, 1.807) is 4.90 Å². The molecule has 1 atom stereocenters. The van der Waals surface area contributed by atoms with Crippen LogP contribution >= 0.6 is 11.3 Å². The van der Waals surface area contributed by atoms with E-state index in [9.17, 15) is 18.0 Å². The molecule has 1 aliphatic heterocycles. The van der Waals surface area contributed by atoms with Gasteiger partial charge in [0, 0.05) is 24.4 Å². The molecule has 6 nitrogen and oxygen atoms in total. The molecule has 0 saturated carbocycles. The van der Waals surface area contributed by atoms with Crippen molar-refractivity contribution in [3.63, 3.8) is 0 Å². The third-order valence-electron chi connectivity index (χ3n) is 4.01. The quantitative estimate of drug-likeness (QED) is 0.806. The Morgan fingerprint density at radius 3 is 2.81 bits per heavy atom. The van der Waals surface area contributed by atoms with Crippen LogP contribution in [-0.2, 0) is 6.18 Å². The topological polar surface area (TPSA) is 68.2 Å². The number of amides is 1. The lowest BCUT2D eigenvalue weighted by atomic mass is 9.98. The Bertz CT molecular complexity index is 764. The Hall–Kier alpha value is -2.23. The molecule has 2 aromatic rings. The van der Waals surface area contributed by atoms with Crippen LogP contribution in [0.4, 0.5) is 13.2 Å². The molecule has 140 valence electrons. The number of likely N-dealkylation sites (tertiary alicyclic amines) is 1. The molecule has 26 heavy (non-hydrogen) atoms. The lowest BCUT2D eigenvalue weighted by Gasteiger charge is -2.31. The highest BCUT2D eigenvalue weighted by molar-refractivity contribution is 7.09. The summed E-state index contributed by atoms with van der Waals surface area (Å²) in [4.78, 5) is 26.0. The van der Waals surface area contributed by atoms with E-state index in [4.69, 9.17) is 4.74 Å². The van der Waals surface area contributed by atoms with Gasteiger partial charge < -0.3 is 9.64 Å². The highest BCUT2D eigenvalue weighted by Gasteiger charge is 2.35. The predicted octanol–water partition coefficient (Wildman–Crippen LogP) is 3.37. The van der Waals surface area contributed by atoms with Crippen LogP contribution < -0.4 is 4.74 Å². The van der Waals surface area contributed by atoms with Gasteiger partial charge in [0.25, 0.3) is 5.91 Å². The Morgan fingerprint density at radius 2 is 2.19 bits per heavy atom. The van der Waals surface area contributed by atoms with Crippen molar-refractivity contribution in [2.75, 3.05) is 19.7 Å². The molecule has 2 aromatic heterocycles. The molecule has 1 aliphatic rings. The van der Waals surface area contributed by atoms with Gasteiger partial charge in [0.2, 0.25) is 5.88 Å². The maximum atomic E-state index is 12.7. The lowest BCUT2D eigenvalue weighted by molar-refractivity contribution is -0.140. The first-order valence-corrected chi connectivity index (χ1v) is 9.03. The van der Waals surface area contributed by atoms with Crippen LogP contribution in [0.15, 0.2) is 17.8 Å². The van der Waals surface area contributed by atoms with Crippen molar-refractivity contribution >= 4 is 17.2 Å². The Kier molecular flexibility index (Phi) is 5.40. The molecule has 3 heterocycles. The van der Waals surface area contributed by atoms with Crippen molar-refractivity contribution in [2.45, 2.75) is 31.9 Å². The number of halogens is 3. The van der Waals surface area contributed by atoms with E-state index in [0.717, 1.165) is 16.7 Å². The third kappa shape index (κ3) is 4.12. The fourth-order valence-electron chi connectivity index (χ4n) is 2.78. The van der Waals surface area contributed by atoms with E-state index in [1.165, 1.54) is 12.4 Å². The van der Waals surface area contributed by atoms with Crippen molar-refractivity contribution in [1.29, 1.82) is 0 Å². The van der Waals surface area contributed by atoms with Gasteiger partial charge in [-0.2, -0.15) is 13.2 Å². The Labute approximate surface area is 152 Å². The van der Waals surface area contributed by atoms with E-state index in [-0.39, 0.29) is 17.5 Å². The summed E-state index contributed by atoms with van der Waals surface area (Å²) in [5.74, 6) is -0.162. The van der Waals surface area contributed by atoms with E-state index in [0.29, 0.717) is 43.4 Å². The molecular weight excluding hydrogens is 369 g/mol. The second-order valence-corrected chi connectivity index (χ2v) is 6.72. The highest BCUT2D eigenvalue weighted by Crippen LogP contribution is 2.35. The van der Waals surface area contributed by atoms with Crippen LogP contribution in [0, 0.1) is 0 Å². The molecule has 1 saturated heterocycles. The zero-order valence-electron chi connectivity index (χ0n) is 14.0. The molecule has 1 fully saturated rings. The zero-order valence-corrected chi connectivity index (χ0v) is 14.8. The molecular formula is C16H17F3N4O2S. The van der Waals surface area contributed by atoms with Crippen LogP contribution in [-0.4, -0.2) is 45.5 Å². The normalized spacial score (nSPS) is 18.0. The average Bonchev–Trinajstić information content (AvgIpc) is 3.13. The number of rotatable bonds is 4. The number of hydrogen-bond donors (Lipinski definition) is 0. The van der Waals surface area contributed by atoms with Crippen LogP contribution in [0.25, 0.3) is 0 Å². The van der Waals surface area contributed by atoms with Crippen LogP contribution in [0.1, 0.15) is 46.9 Å². The van der Waals surface area contributed by atoms with Crippen LogP contribution in [0.3, 0.4) is 0 Å². The summed E-state index contributed by atoms with van der Waals surface area (Å²) in [5.41, 5.74) is -0.692. The number of thiazole rings is 1. The molecule has 0 aromatic carbocycles. The van der Waals surface area contributed by atoms with E-state index >= 15 is 0 Å². The number of nitrogens with zero attached hydrogens (tertiary/aromatic N) is 4. The number of piperidine rings is 1. The first-order chi connectivity index (χ1) is 12.4. The minimum atomic E-state index is -4.45. The minimum absolute atomic E-state index is 0.184. The predicted molar refractivity (Wildman–Crippen MR) is 88.2 cm³/mol. The molecule has 0 bridgehead atoms. The SMILES string of the molecule is CCOc1cnc(C(=O)N2CCCC(c3nc(C(F)(F)F)cs3)C2)cn1. The van der Waals surface area contributed by atoms with Crippen molar-refractivity contribution in [3.05, 3.63) is 34.2 Å². The molecule has 0 spiro atoms. The summed E-state index contributed by atoms with van der Waals surface area (Å²) in [6.45, 7) is 3.11. The molecule has 0 aliphatic carbocycles. The summed E-state index contributed by atoms with van der Waals surface area (Å²) in [6, 6.07) is 0. The fourth-order valence-corrected chi connectivity index (χ4v) is 3.73. The van der Waals surface area contributed by atoms with Gasteiger partial charge in [-0.15, -0.1) is 11.3 Å². The van der Waals surface area contributed by atoms with Crippen molar-refractivity contribution < 1.29 is 22.7 Å². The summed E-state index contributed by atoms with van der Waals surface area (Å²) < 4.78 is 43.4. The lowest BCUT2D eigenvalue weighted by Crippen LogP contribution is -2.39. The molecule has 10 heteroatoms. The maximum Gasteiger partial charge on any atom is 0.434 e. The van der Waals surface area contributed by atoms with Gasteiger partial charge in [-0.3, -0.25) is 4.79 Å². The Morgan fingerprint density at radius 1 is 1.38 bits per heavy atom. The smallest absolute Gasteiger partial charge is 0.434 e. The number of alkyl halides is 3. The molecule has 3 rings (SSSR count). The largest absolute Gasteiger partial charge is 0.477 e. The minimum Gasteiger partial charge on any atom is -0.477 e. The van der Waals surface area contributed by atoms with Gasteiger partial charge >= 0.3 is 6.18 Å². The molecule has 0 radical (unpaired) electrons. The number of carbonyl (C=O) groups is 1. The highest BCUT2D eigenvalue weighted by atomic mass is 32.1. The van der Waals surface area contributed by atoms with Gasteiger partial charge in [0.15, 0.2) is 5.69 Å². The maximum absolute atomic E-state index is 12.7. The average molecular weight is 386 g/mol. The molecule has 1 amide bonds. The third-order valence-corrected chi connectivity index (χ3v) is 5.02. The molecule has 1 unspecified atom stereocenters. The second kappa shape index (κ2) is 7.56. The second-order valence-electron chi connectivity index (χ2n) is 5.83. The first-order valence-electron chi connectivity index (χ1n) is 8.15. The standard InChI is InChI=1S/C16H17F3N4O2S/c1-2-25-13-7-20-11(6-21-13)15(24)23-5-3-4-10(8-23)14-22-12(9-26-14)16(17,18)19/h6-7,9-10H,2-5,8H2,1H3. The van der Waals surface area contributed by atoms with Gasteiger partial charge in [-0.1, -0.05) is 0 Å². The van der Waals surface area contributed by atoms with E-state index < -0.39 is 11.9 Å². The first kappa shape index (κ1) is 18.6. The van der Waals surface area contributed by atoms with Crippen LogP contribution in [0.2, 0.25) is 0 Å².